The van der Waals surface area contributed by atoms with E-state index in [9.17, 15) is 8.42 Å². The molecule has 0 bridgehead atoms. The average Bonchev–Trinajstić information content (AvgIpc) is 2.96. The lowest BCUT2D eigenvalue weighted by Crippen LogP contribution is -2.36. The van der Waals surface area contributed by atoms with Crippen molar-refractivity contribution in [2.24, 2.45) is 0 Å². The van der Waals surface area contributed by atoms with Crippen LogP contribution in [0.4, 0.5) is 0 Å². The van der Waals surface area contributed by atoms with Crippen molar-refractivity contribution >= 4 is 10.0 Å². The summed E-state index contributed by atoms with van der Waals surface area (Å²) >= 11 is 0. The van der Waals surface area contributed by atoms with Gasteiger partial charge in [0.1, 0.15) is 13.2 Å². The van der Waals surface area contributed by atoms with Crippen LogP contribution in [-0.4, -0.2) is 45.7 Å². The van der Waals surface area contributed by atoms with Crippen LogP contribution in [0, 0.1) is 0 Å². The van der Waals surface area contributed by atoms with E-state index in [0.717, 1.165) is 23.3 Å². The molecule has 28 heavy (non-hydrogen) atoms. The lowest BCUT2D eigenvalue weighted by molar-refractivity contribution is 0.171. The zero-order valence-corrected chi connectivity index (χ0v) is 16.2. The topological polar surface area (TPSA) is 74.3 Å². The molecule has 0 radical (unpaired) electrons. The van der Waals surface area contributed by atoms with Crippen LogP contribution in [0.3, 0.4) is 0 Å². The summed E-state index contributed by atoms with van der Waals surface area (Å²) in [7, 11) is -3.64. The van der Waals surface area contributed by atoms with Gasteiger partial charge < -0.3 is 18.9 Å². The third-order valence-corrected chi connectivity index (χ3v) is 7.04. The van der Waals surface area contributed by atoms with Crippen LogP contribution in [0.5, 0.6) is 23.0 Å². The third-order valence-electron chi connectivity index (χ3n) is 5.20. The van der Waals surface area contributed by atoms with Crippen LogP contribution >= 0.6 is 0 Å². The lowest BCUT2D eigenvalue weighted by atomic mass is 10.0. The van der Waals surface area contributed by atoms with Crippen LogP contribution < -0.4 is 18.9 Å². The van der Waals surface area contributed by atoms with Crippen molar-refractivity contribution in [2.45, 2.75) is 24.3 Å². The molecule has 0 unspecified atom stereocenters. The minimum Gasteiger partial charge on any atom is -0.490 e. The van der Waals surface area contributed by atoms with Gasteiger partial charge in [-0.25, -0.2) is 8.42 Å². The molecule has 0 fully saturated rings. The zero-order chi connectivity index (χ0) is 19.1. The Morgan fingerprint density at radius 3 is 2.18 bits per heavy atom. The summed E-state index contributed by atoms with van der Waals surface area (Å²) in [5, 5.41) is 0. The predicted molar refractivity (Wildman–Crippen MR) is 101 cm³/mol. The Bertz CT molecular complexity index is 1020. The van der Waals surface area contributed by atoms with Gasteiger partial charge in [0.2, 0.25) is 10.0 Å². The quantitative estimate of drug-likeness (QED) is 0.767. The Morgan fingerprint density at radius 1 is 0.750 bits per heavy atom. The molecule has 3 aliphatic rings. The third kappa shape index (κ3) is 3.06. The van der Waals surface area contributed by atoms with E-state index in [2.05, 4.69) is 0 Å². The fourth-order valence-corrected chi connectivity index (χ4v) is 5.16. The fraction of sp³-hybridized carbons (Fsp3) is 0.400. The summed E-state index contributed by atoms with van der Waals surface area (Å²) in [6.07, 6.45) is 1.47. The van der Waals surface area contributed by atoms with Gasteiger partial charge in [-0.15, -0.1) is 0 Å². The maximum absolute atomic E-state index is 13.2. The number of nitrogens with zero attached hydrogens (tertiary/aromatic N) is 1. The van der Waals surface area contributed by atoms with Crippen LogP contribution in [0.2, 0.25) is 0 Å². The first-order chi connectivity index (χ1) is 13.6. The van der Waals surface area contributed by atoms with Gasteiger partial charge in [-0.2, -0.15) is 4.31 Å². The molecule has 8 heteroatoms. The van der Waals surface area contributed by atoms with Crippen LogP contribution in [0.1, 0.15) is 17.5 Å². The lowest BCUT2D eigenvalue weighted by Gasteiger charge is -2.29. The SMILES string of the molecule is O=S(=O)(c1ccc2c(c1)OCCO2)N1CCc2cc3c(cc2C1)OCCCO3. The van der Waals surface area contributed by atoms with Crippen LogP contribution in [-0.2, 0) is 23.0 Å². The monoisotopic (exact) mass is 403 g/mol. The molecule has 2 aromatic rings. The highest BCUT2D eigenvalue weighted by Crippen LogP contribution is 2.37. The van der Waals surface area contributed by atoms with Crippen LogP contribution in [0.25, 0.3) is 0 Å². The van der Waals surface area contributed by atoms with Gasteiger partial charge in [0.25, 0.3) is 0 Å². The Balaban J connectivity index is 1.44. The van der Waals surface area contributed by atoms with E-state index in [4.69, 9.17) is 18.9 Å². The maximum atomic E-state index is 13.2. The van der Waals surface area contributed by atoms with Gasteiger partial charge in [-0.3, -0.25) is 0 Å². The van der Waals surface area contributed by atoms with Crippen molar-refractivity contribution in [3.63, 3.8) is 0 Å². The molecule has 5 rings (SSSR count). The number of fused-ring (bicyclic) bond motifs is 3. The van der Waals surface area contributed by atoms with Gasteiger partial charge in [0.15, 0.2) is 23.0 Å². The predicted octanol–water partition coefficient (Wildman–Crippen LogP) is 2.37. The van der Waals surface area contributed by atoms with Crippen molar-refractivity contribution < 1.29 is 27.4 Å². The molecule has 0 saturated heterocycles. The number of ether oxygens (including phenoxy) is 4. The van der Waals surface area contributed by atoms with Gasteiger partial charge in [0.05, 0.1) is 18.1 Å². The minimum atomic E-state index is -3.64. The van der Waals surface area contributed by atoms with Crippen LogP contribution in [0.15, 0.2) is 35.2 Å². The first-order valence-electron chi connectivity index (χ1n) is 9.42. The Hall–Kier alpha value is -2.45. The van der Waals surface area contributed by atoms with Crippen molar-refractivity contribution in [2.75, 3.05) is 33.0 Å². The second kappa shape index (κ2) is 6.86. The molecule has 0 N–H and O–H groups in total. The molecule has 0 saturated carbocycles. The van der Waals surface area contributed by atoms with E-state index in [-0.39, 0.29) is 4.90 Å². The van der Waals surface area contributed by atoms with E-state index in [1.54, 1.807) is 18.2 Å². The van der Waals surface area contributed by atoms with E-state index in [1.807, 2.05) is 12.1 Å². The zero-order valence-electron chi connectivity index (χ0n) is 15.3. The number of sulfonamides is 1. The van der Waals surface area contributed by atoms with Gasteiger partial charge >= 0.3 is 0 Å². The molecular weight excluding hydrogens is 382 g/mol. The Morgan fingerprint density at radius 2 is 1.39 bits per heavy atom. The summed E-state index contributed by atoms with van der Waals surface area (Å²) in [4.78, 5) is 0.217. The minimum absolute atomic E-state index is 0.217. The number of benzene rings is 2. The molecule has 7 nitrogen and oxygen atoms in total. The van der Waals surface area contributed by atoms with E-state index in [0.29, 0.717) is 63.2 Å². The molecule has 2 aromatic carbocycles. The van der Waals surface area contributed by atoms with Gasteiger partial charge in [-0.05, 0) is 41.8 Å². The molecule has 0 spiro atoms. The highest BCUT2D eigenvalue weighted by molar-refractivity contribution is 7.89. The maximum Gasteiger partial charge on any atom is 0.243 e. The molecule has 3 aliphatic heterocycles. The number of hydrogen-bond donors (Lipinski definition) is 0. The van der Waals surface area contributed by atoms with Crippen molar-refractivity contribution in [3.05, 3.63) is 41.5 Å². The summed E-state index contributed by atoms with van der Waals surface area (Å²) < 4.78 is 50.4. The molecule has 3 heterocycles. The molecule has 0 atom stereocenters. The highest BCUT2D eigenvalue weighted by Gasteiger charge is 2.30. The summed E-state index contributed by atoms with van der Waals surface area (Å²) in [5.74, 6) is 2.49. The Kier molecular flexibility index (Phi) is 4.32. The second-order valence-electron chi connectivity index (χ2n) is 7.01. The average molecular weight is 403 g/mol. The second-order valence-corrected chi connectivity index (χ2v) is 8.95. The van der Waals surface area contributed by atoms with Crippen molar-refractivity contribution in [1.82, 2.24) is 4.31 Å². The van der Waals surface area contributed by atoms with Crippen molar-refractivity contribution in [1.29, 1.82) is 0 Å². The van der Waals surface area contributed by atoms with Gasteiger partial charge in [-0.1, -0.05) is 0 Å². The number of rotatable bonds is 2. The van der Waals surface area contributed by atoms with E-state index >= 15 is 0 Å². The first-order valence-corrected chi connectivity index (χ1v) is 10.9. The smallest absolute Gasteiger partial charge is 0.243 e. The normalized spacial score (nSPS) is 18.9. The summed E-state index contributed by atoms with van der Waals surface area (Å²) in [6, 6.07) is 8.69. The Labute approximate surface area is 163 Å². The number of hydrogen-bond acceptors (Lipinski definition) is 6. The highest BCUT2D eigenvalue weighted by atomic mass is 32.2. The molecule has 0 aromatic heterocycles. The molecular formula is C20H21NO6S. The van der Waals surface area contributed by atoms with E-state index < -0.39 is 10.0 Å². The summed E-state index contributed by atoms with van der Waals surface area (Å²) in [6.45, 7) is 2.85. The largest absolute Gasteiger partial charge is 0.490 e. The van der Waals surface area contributed by atoms with Gasteiger partial charge in [0, 0.05) is 25.6 Å². The summed E-state index contributed by atoms with van der Waals surface area (Å²) in [5.41, 5.74) is 2.06. The fourth-order valence-electron chi connectivity index (χ4n) is 3.73. The van der Waals surface area contributed by atoms with E-state index in [1.165, 1.54) is 4.31 Å². The molecule has 0 aliphatic carbocycles. The molecule has 0 amide bonds. The van der Waals surface area contributed by atoms with Crippen molar-refractivity contribution in [3.8, 4) is 23.0 Å². The first kappa shape index (κ1) is 17.6. The molecule has 148 valence electrons. The standard InChI is InChI=1S/C20H21NO6S/c22-28(23,16-2-3-17-20(12-16)27-9-8-26-17)21-5-4-14-10-18-19(11-15(14)13-21)25-7-1-6-24-18/h2-3,10-12H,1,4-9,13H2.